The molecule has 0 radical (unpaired) electrons. The van der Waals surface area contributed by atoms with E-state index >= 15 is 0 Å². The van der Waals surface area contributed by atoms with E-state index in [1.54, 1.807) is 0 Å². The Morgan fingerprint density at radius 2 is 2.28 bits per heavy atom. The quantitative estimate of drug-likeness (QED) is 0.822. The lowest BCUT2D eigenvalue weighted by Crippen LogP contribution is -2.38. The van der Waals surface area contributed by atoms with E-state index in [1.165, 1.54) is 18.5 Å². The van der Waals surface area contributed by atoms with E-state index in [9.17, 15) is 4.79 Å². The molecule has 18 heavy (non-hydrogen) atoms. The van der Waals surface area contributed by atoms with Crippen molar-refractivity contribution in [2.45, 2.75) is 0 Å². The van der Waals surface area contributed by atoms with Crippen LogP contribution in [-0.4, -0.2) is 60.4 Å². The molecule has 0 saturated carbocycles. The summed E-state index contributed by atoms with van der Waals surface area (Å²) in [5.41, 5.74) is 0.145. The highest BCUT2D eigenvalue weighted by Crippen LogP contribution is 2.16. The van der Waals surface area contributed by atoms with E-state index in [2.05, 4.69) is 9.88 Å². The number of hydrogen-bond acceptors (Lipinski definition) is 5. The van der Waals surface area contributed by atoms with Gasteiger partial charge in [0.25, 0.3) is 0 Å². The largest absolute Gasteiger partial charge is 0.490 e. The summed E-state index contributed by atoms with van der Waals surface area (Å²) in [4.78, 5) is 17.0. The fraction of sp³-hybridized carbons (Fsp3) is 0.500. The topological polar surface area (TPSA) is 71.9 Å². The molecule has 1 saturated heterocycles. The van der Waals surface area contributed by atoms with Gasteiger partial charge in [-0.2, -0.15) is 0 Å². The molecular formula is C12H16N2O4. The average molecular weight is 252 g/mol. The van der Waals surface area contributed by atoms with Crippen LogP contribution in [0, 0.1) is 0 Å². The van der Waals surface area contributed by atoms with Gasteiger partial charge in [0.1, 0.15) is 12.2 Å². The summed E-state index contributed by atoms with van der Waals surface area (Å²) in [6, 6.07) is 1.44. The van der Waals surface area contributed by atoms with Gasteiger partial charge in [0.05, 0.1) is 19.4 Å². The van der Waals surface area contributed by atoms with Crippen LogP contribution in [0.4, 0.5) is 0 Å². The molecule has 1 N–H and O–H groups in total. The third-order valence-electron chi connectivity index (χ3n) is 2.78. The van der Waals surface area contributed by atoms with Gasteiger partial charge >= 0.3 is 5.97 Å². The molecule has 1 fully saturated rings. The maximum atomic E-state index is 11.0. The molecule has 6 nitrogen and oxygen atoms in total. The second-order valence-corrected chi connectivity index (χ2v) is 3.98. The van der Waals surface area contributed by atoms with Crippen LogP contribution in [0.15, 0.2) is 18.5 Å². The zero-order valence-electron chi connectivity index (χ0n) is 10.0. The zero-order valence-corrected chi connectivity index (χ0v) is 10.0. The summed E-state index contributed by atoms with van der Waals surface area (Å²) >= 11 is 0. The first kappa shape index (κ1) is 12.8. The molecule has 1 aliphatic rings. The van der Waals surface area contributed by atoms with Gasteiger partial charge in [-0.15, -0.1) is 0 Å². The van der Waals surface area contributed by atoms with Crippen molar-refractivity contribution in [2.24, 2.45) is 0 Å². The second kappa shape index (κ2) is 6.32. The molecule has 0 unspecified atom stereocenters. The molecule has 0 atom stereocenters. The lowest BCUT2D eigenvalue weighted by Gasteiger charge is -2.26. The number of carbonyl (C=O) groups is 1. The van der Waals surface area contributed by atoms with Gasteiger partial charge < -0.3 is 14.6 Å². The standard InChI is InChI=1S/C12H16N2O4/c15-12(16)10-1-2-13-9-11(10)18-8-5-14-3-6-17-7-4-14/h1-2,9H,3-8H2,(H,15,16). The van der Waals surface area contributed by atoms with Crippen LogP contribution >= 0.6 is 0 Å². The number of carboxylic acids is 1. The molecule has 0 aliphatic carbocycles. The van der Waals surface area contributed by atoms with Gasteiger partial charge in [-0.3, -0.25) is 9.88 Å². The molecule has 2 rings (SSSR count). The van der Waals surface area contributed by atoms with Crippen molar-refractivity contribution in [3.63, 3.8) is 0 Å². The van der Waals surface area contributed by atoms with E-state index in [-0.39, 0.29) is 5.56 Å². The Balaban J connectivity index is 1.84. The second-order valence-electron chi connectivity index (χ2n) is 3.98. The van der Waals surface area contributed by atoms with Gasteiger partial charge in [-0.1, -0.05) is 0 Å². The predicted molar refractivity (Wildman–Crippen MR) is 64.0 cm³/mol. The minimum Gasteiger partial charge on any atom is -0.490 e. The third kappa shape index (κ3) is 3.41. The normalized spacial score (nSPS) is 16.4. The molecule has 0 amide bonds. The molecule has 0 aromatic carbocycles. The van der Waals surface area contributed by atoms with Gasteiger partial charge in [0.2, 0.25) is 0 Å². The number of carboxylic acid groups (broad SMARTS) is 1. The minimum atomic E-state index is -1.00. The maximum absolute atomic E-state index is 11.0. The van der Waals surface area contributed by atoms with E-state index in [4.69, 9.17) is 14.6 Å². The van der Waals surface area contributed by atoms with Crippen molar-refractivity contribution in [3.05, 3.63) is 24.0 Å². The number of nitrogens with zero attached hydrogens (tertiary/aromatic N) is 2. The lowest BCUT2D eigenvalue weighted by molar-refractivity contribution is 0.0321. The van der Waals surface area contributed by atoms with Crippen molar-refractivity contribution in [1.82, 2.24) is 9.88 Å². The summed E-state index contributed by atoms with van der Waals surface area (Å²) in [6.07, 6.45) is 2.88. The molecule has 0 bridgehead atoms. The van der Waals surface area contributed by atoms with Gasteiger partial charge in [-0.05, 0) is 6.07 Å². The van der Waals surface area contributed by atoms with Crippen molar-refractivity contribution < 1.29 is 19.4 Å². The Morgan fingerprint density at radius 1 is 1.50 bits per heavy atom. The first-order valence-corrected chi connectivity index (χ1v) is 5.87. The predicted octanol–water partition coefficient (Wildman–Crippen LogP) is 0.491. The fourth-order valence-electron chi connectivity index (χ4n) is 1.78. The molecule has 1 aromatic rings. The Kier molecular flexibility index (Phi) is 4.49. The number of morpholine rings is 1. The lowest BCUT2D eigenvalue weighted by atomic mass is 10.2. The SMILES string of the molecule is O=C(O)c1ccncc1OCCN1CCOCC1. The summed E-state index contributed by atoms with van der Waals surface area (Å²) in [7, 11) is 0. The van der Waals surface area contributed by atoms with E-state index in [0.717, 1.165) is 32.8 Å². The molecule has 1 aliphatic heterocycles. The van der Waals surface area contributed by atoms with Crippen LogP contribution < -0.4 is 4.74 Å². The third-order valence-corrected chi connectivity index (χ3v) is 2.78. The summed E-state index contributed by atoms with van der Waals surface area (Å²) < 4.78 is 10.7. The molecule has 98 valence electrons. The molecule has 1 aromatic heterocycles. The molecule has 0 spiro atoms. The monoisotopic (exact) mass is 252 g/mol. The Morgan fingerprint density at radius 3 is 3.00 bits per heavy atom. The van der Waals surface area contributed by atoms with E-state index < -0.39 is 5.97 Å². The molecule has 2 heterocycles. The number of rotatable bonds is 5. The highest BCUT2D eigenvalue weighted by molar-refractivity contribution is 5.90. The highest BCUT2D eigenvalue weighted by atomic mass is 16.5. The number of ether oxygens (including phenoxy) is 2. The first-order chi connectivity index (χ1) is 8.77. The van der Waals surface area contributed by atoms with Crippen LogP contribution in [0.5, 0.6) is 5.75 Å². The van der Waals surface area contributed by atoms with Crippen LogP contribution in [0.25, 0.3) is 0 Å². The zero-order chi connectivity index (χ0) is 12.8. The van der Waals surface area contributed by atoms with Crippen LogP contribution in [0.3, 0.4) is 0 Å². The first-order valence-electron chi connectivity index (χ1n) is 5.87. The molecular weight excluding hydrogens is 236 g/mol. The van der Waals surface area contributed by atoms with Gasteiger partial charge in [-0.25, -0.2) is 4.79 Å². The van der Waals surface area contributed by atoms with Crippen molar-refractivity contribution in [1.29, 1.82) is 0 Å². The van der Waals surface area contributed by atoms with Crippen LogP contribution in [0.1, 0.15) is 10.4 Å². The number of aromatic carboxylic acids is 1. The van der Waals surface area contributed by atoms with Crippen molar-refractivity contribution >= 4 is 5.97 Å². The van der Waals surface area contributed by atoms with Gasteiger partial charge in [0.15, 0.2) is 5.75 Å². The Labute approximate surface area is 105 Å². The van der Waals surface area contributed by atoms with Crippen LogP contribution in [0.2, 0.25) is 0 Å². The van der Waals surface area contributed by atoms with E-state index in [1.807, 2.05) is 0 Å². The van der Waals surface area contributed by atoms with Gasteiger partial charge in [0, 0.05) is 25.8 Å². The Hall–Kier alpha value is -1.66. The highest BCUT2D eigenvalue weighted by Gasteiger charge is 2.13. The number of hydrogen-bond donors (Lipinski definition) is 1. The number of aromatic nitrogens is 1. The maximum Gasteiger partial charge on any atom is 0.339 e. The average Bonchev–Trinajstić information content (AvgIpc) is 2.40. The smallest absolute Gasteiger partial charge is 0.339 e. The van der Waals surface area contributed by atoms with Crippen molar-refractivity contribution in [3.8, 4) is 5.75 Å². The minimum absolute atomic E-state index is 0.145. The number of pyridine rings is 1. The van der Waals surface area contributed by atoms with Crippen LogP contribution in [-0.2, 0) is 4.74 Å². The fourth-order valence-corrected chi connectivity index (χ4v) is 1.78. The molecule has 6 heteroatoms. The van der Waals surface area contributed by atoms with E-state index in [0.29, 0.717) is 12.4 Å². The Bertz CT molecular complexity index is 405. The summed E-state index contributed by atoms with van der Waals surface area (Å²) in [6.45, 7) is 4.48. The summed E-state index contributed by atoms with van der Waals surface area (Å²) in [5, 5.41) is 8.98. The van der Waals surface area contributed by atoms with Crippen molar-refractivity contribution in [2.75, 3.05) is 39.5 Å². The summed E-state index contributed by atoms with van der Waals surface area (Å²) in [5.74, 6) is -0.683.